The van der Waals surface area contributed by atoms with Crippen LogP contribution in [0.4, 0.5) is 0 Å². The molecule has 1 spiro atoms. The Morgan fingerprint density at radius 3 is 2.89 bits per heavy atom. The minimum atomic E-state index is -0.00572. The molecular formula is C23H32NO3+. The zero-order valence-corrected chi connectivity index (χ0v) is 16.5. The van der Waals surface area contributed by atoms with Gasteiger partial charge in [0.05, 0.1) is 19.2 Å². The molecule has 7 atom stereocenters. The molecule has 4 heteroatoms. The minimum absolute atomic E-state index is 0.00572. The first-order chi connectivity index (χ1) is 13.1. The molecule has 2 aliphatic heterocycles. The minimum Gasteiger partial charge on any atom is -0.462 e. The fourth-order valence-corrected chi connectivity index (χ4v) is 6.71. The molecule has 0 bridgehead atoms. The van der Waals surface area contributed by atoms with Gasteiger partial charge < -0.3 is 14.8 Å². The molecule has 1 aromatic rings. The van der Waals surface area contributed by atoms with Crippen molar-refractivity contribution < 1.29 is 19.6 Å². The average molecular weight is 371 g/mol. The lowest BCUT2D eigenvalue weighted by Crippen LogP contribution is -2.86. The van der Waals surface area contributed by atoms with Crippen LogP contribution in [0.1, 0.15) is 45.1 Å². The van der Waals surface area contributed by atoms with Crippen molar-refractivity contribution in [1.29, 1.82) is 0 Å². The first kappa shape index (κ1) is 17.7. The molecule has 0 aromatic heterocycles. The maximum absolute atomic E-state index is 12.7. The number of rotatable bonds is 5. The molecule has 0 unspecified atom stereocenters. The zero-order chi connectivity index (χ0) is 18.6. The fourth-order valence-electron chi connectivity index (χ4n) is 6.71. The van der Waals surface area contributed by atoms with Gasteiger partial charge in [-0.3, -0.25) is 4.79 Å². The van der Waals surface area contributed by atoms with E-state index in [1.54, 1.807) is 0 Å². The highest BCUT2D eigenvalue weighted by Gasteiger charge is 2.78. The molecule has 0 amide bonds. The van der Waals surface area contributed by atoms with Crippen LogP contribution < -0.4 is 5.32 Å². The second kappa shape index (κ2) is 6.31. The normalized spacial score (nSPS) is 44.8. The van der Waals surface area contributed by atoms with Crippen LogP contribution >= 0.6 is 0 Å². The van der Waals surface area contributed by atoms with E-state index in [1.807, 2.05) is 0 Å². The van der Waals surface area contributed by atoms with Crippen molar-refractivity contribution in [1.82, 2.24) is 0 Å². The van der Waals surface area contributed by atoms with Crippen LogP contribution in [0.15, 0.2) is 30.3 Å². The van der Waals surface area contributed by atoms with E-state index < -0.39 is 0 Å². The lowest BCUT2D eigenvalue weighted by molar-refractivity contribution is -0.658. The first-order valence-corrected chi connectivity index (χ1v) is 10.8. The van der Waals surface area contributed by atoms with Crippen LogP contribution in [0.2, 0.25) is 0 Å². The number of epoxide rings is 1. The summed E-state index contributed by atoms with van der Waals surface area (Å²) in [4.78, 5) is 12.7. The number of nitrogens with two attached hydrogens (primary N) is 1. The summed E-state index contributed by atoms with van der Waals surface area (Å²) in [5.74, 6) is 0.870. The largest absolute Gasteiger partial charge is 0.462 e. The van der Waals surface area contributed by atoms with Gasteiger partial charge in [-0.05, 0) is 30.7 Å². The van der Waals surface area contributed by atoms with Gasteiger partial charge in [0.1, 0.15) is 17.6 Å². The van der Waals surface area contributed by atoms with E-state index in [1.165, 1.54) is 24.8 Å². The molecule has 146 valence electrons. The summed E-state index contributed by atoms with van der Waals surface area (Å²) < 4.78 is 12.4. The molecule has 4 fully saturated rings. The molecule has 5 rings (SSSR count). The van der Waals surface area contributed by atoms with Gasteiger partial charge in [-0.2, -0.15) is 0 Å². The Morgan fingerprint density at radius 1 is 1.26 bits per heavy atom. The number of carbonyl (C=O) groups excluding carboxylic acids is 1. The van der Waals surface area contributed by atoms with Crippen molar-refractivity contribution in [3.63, 3.8) is 0 Å². The monoisotopic (exact) mass is 370 g/mol. The number of carbonyl (C=O) groups is 1. The standard InChI is InChI=1S/C23H31NO3/c1-15-7-6-11-22(2)13-18-19(20-23(15,22)27-20)17(21(25)26-18)14-24-12-10-16-8-4-3-5-9-16/h3-5,8-9,15,17-20,24H,6-7,10-14H2,1-2H3/p+1/t15-,17+,18+,19+,20+,22+,23+/m0/s1. The lowest BCUT2D eigenvalue weighted by Gasteiger charge is -2.48. The van der Waals surface area contributed by atoms with E-state index in [9.17, 15) is 4.79 Å². The quantitative estimate of drug-likeness (QED) is 0.492. The van der Waals surface area contributed by atoms with Crippen LogP contribution in [0.3, 0.4) is 0 Å². The van der Waals surface area contributed by atoms with E-state index in [4.69, 9.17) is 9.47 Å². The van der Waals surface area contributed by atoms with E-state index in [-0.39, 0.29) is 41.0 Å². The second-order valence-electron chi connectivity index (χ2n) is 9.60. The maximum atomic E-state index is 12.7. The summed E-state index contributed by atoms with van der Waals surface area (Å²) in [5, 5.41) is 2.30. The van der Waals surface area contributed by atoms with E-state index in [0.717, 1.165) is 25.9 Å². The number of quaternary nitrogens is 1. The highest BCUT2D eigenvalue weighted by Crippen LogP contribution is 2.70. The molecule has 1 aromatic carbocycles. The topological polar surface area (TPSA) is 55.4 Å². The number of ether oxygens (including phenoxy) is 2. The Morgan fingerprint density at radius 2 is 2.07 bits per heavy atom. The second-order valence-corrected chi connectivity index (χ2v) is 9.60. The summed E-state index contributed by atoms with van der Waals surface area (Å²) in [6.07, 6.45) is 6.07. The summed E-state index contributed by atoms with van der Waals surface area (Å²) in [7, 11) is 0. The van der Waals surface area contributed by atoms with Crippen LogP contribution in [0.25, 0.3) is 0 Å². The molecule has 2 saturated heterocycles. The van der Waals surface area contributed by atoms with Gasteiger partial charge in [0.15, 0.2) is 0 Å². The van der Waals surface area contributed by atoms with Crippen molar-refractivity contribution in [3.05, 3.63) is 35.9 Å². The summed E-state index contributed by atoms with van der Waals surface area (Å²) >= 11 is 0. The summed E-state index contributed by atoms with van der Waals surface area (Å²) in [6, 6.07) is 10.6. The van der Waals surface area contributed by atoms with Crippen LogP contribution in [0.5, 0.6) is 0 Å². The third-order valence-corrected chi connectivity index (χ3v) is 8.09. The molecule has 4 aliphatic rings. The van der Waals surface area contributed by atoms with Gasteiger partial charge in [-0.15, -0.1) is 0 Å². The first-order valence-electron chi connectivity index (χ1n) is 10.8. The van der Waals surface area contributed by atoms with Gasteiger partial charge in [0, 0.05) is 17.8 Å². The number of esters is 1. The Kier molecular flexibility index (Phi) is 4.14. The Labute approximate surface area is 162 Å². The number of hydrogen-bond acceptors (Lipinski definition) is 3. The lowest BCUT2D eigenvalue weighted by atomic mass is 9.53. The van der Waals surface area contributed by atoms with Gasteiger partial charge in [-0.1, -0.05) is 50.6 Å². The highest BCUT2D eigenvalue weighted by atomic mass is 16.6. The van der Waals surface area contributed by atoms with Gasteiger partial charge in [-0.25, -0.2) is 0 Å². The number of benzene rings is 1. The Balaban J connectivity index is 1.25. The Hall–Kier alpha value is -1.39. The predicted octanol–water partition coefficient (Wildman–Crippen LogP) is 2.32. The third-order valence-electron chi connectivity index (χ3n) is 8.09. The smallest absolute Gasteiger partial charge is 0.315 e. The average Bonchev–Trinajstić information content (AvgIpc) is 3.34. The summed E-state index contributed by atoms with van der Waals surface area (Å²) in [5.41, 5.74) is 1.56. The number of hydrogen-bond donors (Lipinski definition) is 1. The van der Waals surface area contributed by atoms with Crippen molar-refractivity contribution >= 4 is 5.97 Å². The Bertz CT molecular complexity index is 722. The molecule has 0 radical (unpaired) electrons. The van der Waals surface area contributed by atoms with Crippen molar-refractivity contribution in [2.45, 2.75) is 63.8 Å². The molecule has 2 heterocycles. The third kappa shape index (κ3) is 2.60. The van der Waals surface area contributed by atoms with Crippen LogP contribution in [0, 0.1) is 23.2 Å². The molecule has 2 N–H and O–H groups in total. The van der Waals surface area contributed by atoms with Gasteiger partial charge in [0.25, 0.3) is 0 Å². The van der Waals surface area contributed by atoms with E-state index in [0.29, 0.717) is 5.92 Å². The SMILES string of the molecule is C[C@H]1CCC[C@]2(C)C[C@H]3OC(=O)[C@H](C[NH2+]CCc4ccccc4)[C@H]3[C@H]3O[C@@]312. The summed E-state index contributed by atoms with van der Waals surface area (Å²) in [6.45, 7) is 6.58. The molecule has 2 aliphatic carbocycles. The van der Waals surface area contributed by atoms with Gasteiger partial charge in [0.2, 0.25) is 0 Å². The van der Waals surface area contributed by atoms with Gasteiger partial charge >= 0.3 is 5.97 Å². The molecule has 27 heavy (non-hydrogen) atoms. The van der Waals surface area contributed by atoms with E-state index >= 15 is 0 Å². The molecule has 4 nitrogen and oxygen atoms in total. The van der Waals surface area contributed by atoms with Crippen molar-refractivity contribution in [3.8, 4) is 0 Å². The highest BCUT2D eigenvalue weighted by molar-refractivity contribution is 5.76. The zero-order valence-electron chi connectivity index (χ0n) is 16.5. The number of fused-ring (bicyclic) bond motifs is 2. The van der Waals surface area contributed by atoms with E-state index in [2.05, 4.69) is 49.5 Å². The van der Waals surface area contributed by atoms with Crippen LogP contribution in [-0.4, -0.2) is 36.9 Å². The fraction of sp³-hybridized carbons (Fsp3) is 0.696. The van der Waals surface area contributed by atoms with Crippen LogP contribution in [-0.2, 0) is 20.7 Å². The van der Waals surface area contributed by atoms with Crippen molar-refractivity contribution in [2.24, 2.45) is 23.2 Å². The predicted molar refractivity (Wildman–Crippen MR) is 102 cm³/mol. The maximum Gasteiger partial charge on any atom is 0.315 e. The molecular weight excluding hydrogens is 338 g/mol. The van der Waals surface area contributed by atoms with Crippen molar-refractivity contribution in [2.75, 3.05) is 13.1 Å². The molecule has 2 saturated carbocycles.